The zero-order valence-electron chi connectivity index (χ0n) is 16.1. The Hall–Kier alpha value is -0.940. The Labute approximate surface area is 161 Å². The SMILES string of the molecule is CCCCCCCCCCCCCCCc1ccc(OS(=O)[O-])c(F)c1. The summed E-state index contributed by atoms with van der Waals surface area (Å²) in [5.41, 5.74) is 0.884. The van der Waals surface area contributed by atoms with Crippen LogP contribution in [0.4, 0.5) is 4.39 Å². The number of aryl methyl sites for hydroxylation is 1. The summed E-state index contributed by atoms with van der Waals surface area (Å²) in [6.45, 7) is 2.25. The summed E-state index contributed by atoms with van der Waals surface area (Å²) < 4.78 is 38.9. The molecular formula is C21H34FO3S-. The normalized spacial score (nSPS) is 12.3. The van der Waals surface area contributed by atoms with Crippen molar-refractivity contribution < 1.29 is 17.3 Å². The van der Waals surface area contributed by atoms with Gasteiger partial charge in [0.1, 0.15) is 11.4 Å². The van der Waals surface area contributed by atoms with E-state index in [4.69, 9.17) is 0 Å². The quantitative estimate of drug-likeness (QED) is 0.237. The molecule has 0 aliphatic heterocycles. The Morgan fingerprint density at radius 1 is 0.885 bits per heavy atom. The van der Waals surface area contributed by atoms with Crippen LogP contribution in [0.5, 0.6) is 5.75 Å². The molecular weight excluding hydrogens is 351 g/mol. The van der Waals surface area contributed by atoms with Crippen molar-refractivity contribution in [2.24, 2.45) is 0 Å². The van der Waals surface area contributed by atoms with Gasteiger partial charge >= 0.3 is 0 Å². The third kappa shape index (κ3) is 11.6. The first-order valence-electron chi connectivity index (χ1n) is 10.2. The van der Waals surface area contributed by atoms with Gasteiger partial charge in [0.15, 0.2) is 11.6 Å². The molecule has 0 aliphatic carbocycles. The molecule has 0 fully saturated rings. The van der Waals surface area contributed by atoms with Crippen molar-refractivity contribution in [1.29, 1.82) is 0 Å². The highest BCUT2D eigenvalue weighted by atomic mass is 32.2. The van der Waals surface area contributed by atoms with Gasteiger partial charge in [-0.05, 0) is 30.5 Å². The molecule has 0 aromatic heterocycles. The van der Waals surface area contributed by atoms with E-state index in [0.717, 1.165) is 24.8 Å². The van der Waals surface area contributed by atoms with E-state index in [1.807, 2.05) is 0 Å². The lowest BCUT2D eigenvalue weighted by Gasteiger charge is -2.09. The Kier molecular flexibility index (Phi) is 13.5. The van der Waals surface area contributed by atoms with Gasteiger partial charge in [-0.3, -0.25) is 0 Å². The number of halogens is 1. The molecule has 0 heterocycles. The van der Waals surface area contributed by atoms with Gasteiger partial charge in [0.05, 0.1) is 0 Å². The van der Waals surface area contributed by atoms with Gasteiger partial charge < -0.3 is 8.74 Å². The largest absolute Gasteiger partial charge is 0.740 e. The Morgan fingerprint density at radius 3 is 1.85 bits per heavy atom. The minimum Gasteiger partial charge on any atom is -0.740 e. The van der Waals surface area contributed by atoms with Crippen molar-refractivity contribution in [3.05, 3.63) is 29.6 Å². The van der Waals surface area contributed by atoms with Crippen molar-refractivity contribution in [2.45, 2.75) is 96.8 Å². The highest BCUT2D eigenvalue weighted by Gasteiger charge is 2.05. The minimum atomic E-state index is -2.74. The first kappa shape index (κ1) is 23.1. The summed E-state index contributed by atoms with van der Waals surface area (Å²) in [6.07, 6.45) is 17.8. The lowest BCUT2D eigenvalue weighted by molar-refractivity contribution is 0.425. The molecule has 26 heavy (non-hydrogen) atoms. The second kappa shape index (κ2) is 15.2. The molecule has 0 aliphatic rings. The molecule has 1 atom stereocenters. The van der Waals surface area contributed by atoms with Gasteiger partial charge in [0, 0.05) is 0 Å². The molecule has 0 saturated carbocycles. The van der Waals surface area contributed by atoms with Crippen LogP contribution in [0.1, 0.15) is 96.0 Å². The fourth-order valence-electron chi connectivity index (χ4n) is 3.19. The summed E-state index contributed by atoms with van der Waals surface area (Å²) >= 11 is -2.74. The van der Waals surface area contributed by atoms with E-state index in [0.29, 0.717) is 0 Å². The number of hydrogen-bond acceptors (Lipinski definition) is 3. The van der Waals surface area contributed by atoms with Crippen LogP contribution < -0.4 is 4.18 Å². The first-order valence-corrected chi connectivity index (χ1v) is 11.2. The van der Waals surface area contributed by atoms with E-state index in [1.54, 1.807) is 6.07 Å². The second-order valence-corrected chi connectivity index (χ2v) is 7.62. The lowest BCUT2D eigenvalue weighted by Crippen LogP contribution is -2.00. The molecule has 150 valence electrons. The van der Waals surface area contributed by atoms with Crippen LogP contribution in [-0.2, 0) is 17.8 Å². The smallest absolute Gasteiger partial charge is 0.174 e. The first-order chi connectivity index (χ1) is 12.6. The predicted octanol–water partition coefficient (Wildman–Crippen LogP) is 6.63. The maximum atomic E-state index is 13.7. The fourth-order valence-corrected chi connectivity index (χ4v) is 3.47. The van der Waals surface area contributed by atoms with Gasteiger partial charge in [0.25, 0.3) is 0 Å². The topological polar surface area (TPSA) is 49.4 Å². The molecule has 0 spiro atoms. The predicted molar refractivity (Wildman–Crippen MR) is 105 cm³/mol. The fraction of sp³-hybridized carbons (Fsp3) is 0.714. The molecule has 1 rings (SSSR count). The molecule has 0 radical (unpaired) electrons. The van der Waals surface area contributed by atoms with Crippen molar-refractivity contribution >= 4 is 11.4 Å². The maximum absolute atomic E-state index is 13.7. The Balaban J connectivity index is 1.97. The minimum absolute atomic E-state index is 0.243. The molecule has 0 amide bonds. The molecule has 1 unspecified atom stereocenters. The Morgan fingerprint density at radius 2 is 1.38 bits per heavy atom. The molecule has 0 saturated heterocycles. The molecule has 0 bridgehead atoms. The molecule has 3 nitrogen and oxygen atoms in total. The van der Waals surface area contributed by atoms with E-state index >= 15 is 0 Å². The zero-order valence-corrected chi connectivity index (χ0v) is 17.0. The summed E-state index contributed by atoms with van der Waals surface area (Å²) in [5.74, 6) is -0.867. The van der Waals surface area contributed by atoms with E-state index in [2.05, 4.69) is 11.1 Å². The van der Waals surface area contributed by atoms with Crippen LogP contribution in [0.15, 0.2) is 18.2 Å². The average molecular weight is 386 g/mol. The van der Waals surface area contributed by atoms with Crippen LogP contribution >= 0.6 is 0 Å². The third-order valence-corrected chi connectivity index (χ3v) is 5.04. The maximum Gasteiger partial charge on any atom is 0.174 e. The van der Waals surface area contributed by atoms with Gasteiger partial charge in [-0.2, -0.15) is 0 Å². The molecule has 1 aromatic carbocycles. The van der Waals surface area contributed by atoms with Crippen LogP contribution in [-0.4, -0.2) is 8.76 Å². The highest BCUT2D eigenvalue weighted by Crippen LogP contribution is 2.20. The number of hydrogen-bond donors (Lipinski definition) is 0. The van der Waals surface area contributed by atoms with Gasteiger partial charge in [-0.1, -0.05) is 90.0 Å². The van der Waals surface area contributed by atoms with Crippen molar-refractivity contribution in [1.82, 2.24) is 0 Å². The zero-order chi connectivity index (χ0) is 19.0. The average Bonchev–Trinajstić information content (AvgIpc) is 2.61. The van der Waals surface area contributed by atoms with E-state index in [9.17, 15) is 13.2 Å². The Bertz CT molecular complexity index is 508. The van der Waals surface area contributed by atoms with Gasteiger partial charge in [0.2, 0.25) is 0 Å². The van der Waals surface area contributed by atoms with Gasteiger partial charge in [-0.15, -0.1) is 0 Å². The van der Waals surface area contributed by atoms with Crippen molar-refractivity contribution in [3.8, 4) is 5.75 Å². The van der Waals surface area contributed by atoms with Crippen molar-refractivity contribution in [2.75, 3.05) is 0 Å². The van der Waals surface area contributed by atoms with E-state index < -0.39 is 17.2 Å². The highest BCUT2D eigenvalue weighted by molar-refractivity contribution is 7.74. The van der Waals surface area contributed by atoms with Crippen LogP contribution in [0.3, 0.4) is 0 Å². The third-order valence-electron chi connectivity index (χ3n) is 4.72. The molecule has 1 aromatic rings. The lowest BCUT2D eigenvalue weighted by atomic mass is 10.0. The van der Waals surface area contributed by atoms with Gasteiger partial charge in [-0.25, -0.2) is 8.60 Å². The molecule has 5 heteroatoms. The van der Waals surface area contributed by atoms with Crippen LogP contribution in [0.2, 0.25) is 0 Å². The summed E-state index contributed by atoms with van der Waals surface area (Å²) in [4.78, 5) is 0. The van der Waals surface area contributed by atoms with Crippen LogP contribution in [0.25, 0.3) is 0 Å². The van der Waals surface area contributed by atoms with Crippen molar-refractivity contribution in [3.63, 3.8) is 0 Å². The number of rotatable bonds is 16. The summed E-state index contributed by atoms with van der Waals surface area (Å²) in [5, 5.41) is 0. The number of benzene rings is 1. The van der Waals surface area contributed by atoms with E-state index in [1.165, 1.54) is 82.8 Å². The monoisotopic (exact) mass is 385 g/mol. The summed E-state index contributed by atoms with van der Waals surface area (Å²) in [6, 6.07) is 4.47. The summed E-state index contributed by atoms with van der Waals surface area (Å²) in [7, 11) is 0. The second-order valence-electron chi connectivity index (χ2n) is 7.04. The molecule has 0 N–H and O–H groups in total. The van der Waals surface area contributed by atoms with Crippen LogP contribution in [0, 0.1) is 5.82 Å². The number of unbranched alkanes of at least 4 members (excludes halogenated alkanes) is 12. The standard InChI is InChI=1S/C21H35FO3S/c1-2-3-4-5-6-7-8-9-10-11-12-13-14-15-19-16-17-21(20(22)18-19)25-26(23)24/h16-18H,2-15H2,1H3,(H,23,24)/p-1. The van der Waals surface area contributed by atoms with E-state index in [-0.39, 0.29) is 5.75 Å².